The first-order valence-electron chi connectivity index (χ1n) is 7.80. The lowest BCUT2D eigenvalue weighted by Crippen LogP contribution is -2.33. The zero-order valence-corrected chi connectivity index (χ0v) is 14.0. The van der Waals surface area contributed by atoms with Crippen molar-refractivity contribution in [3.63, 3.8) is 0 Å². The number of H-pyrrole nitrogens is 1. The van der Waals surface area contributed by atoms with Gasteiger partial charge in [-0.1, -0.05) is 13.8 Å². The van der Waals surface area contributed by atoms with E-state index in [4.69, 9.17) is 0 Å². The summed E-state index contributed by atoms with van der Waals surface area (Å²) in [4.78, 5) is 23.4. The first kappa shape index (κ1) is 16.9. The zero-order chi connectivity index (χ0) is 17.0. The van der Waals surface area contributed by atoms with E-state index < -0.39 is 0 Å². The molecule has 2 rings (SSSR count). The summed E-state index contributed by atoms with van der Waals surface area (Å²) in [5.41, 5.74) is 0.906. The van der Waals surface area contributed by atoms with Crippen molar-refractivity contribution in [1.29, 1.82) is 0 Å². The summed E-state index contributed by atoms with van der Waals surface area (Å²) in [7, 11) is 0. The normalized spacial score (nSPS) is 12.4. The average Bonchev–Trinajstić information content (AvgIpc) is 2.88. The van der Waals surface area contributed by atoms with E-state index in [9.17, 15) is 9.59 Å². The summed E-state index contributed by atoms with van der Waals surface area (Å²) in [5.74, 6) is 0.939. The van der Waals surface area contributed by atoms with Crippen LogP contribution in [0.4, 0.5) is 0 Å². The number of carbonyl (C=O) groups is 1. The highest BCUT2D eigenvalue weighted by atomic mass is 16.1. The number of nitrogens with one attached hydrogen (secondary N) is 2. The molecule has 0 saturated heterocycles. The fourth-order valence-electron chi connectivity index (χ4n) is 2.28. The van der Waals surface area contributed by atoms with Crippen molar-refractivity contribution in [3.8, 4) is 5.82 Å². The van der Waals surface area contributed by atoms with Gasteiger partial charge in [-0.2, -0.15) is 10.2 Å². The molecule has 2 N–H and O–H groups in total. The molecule has 1 atom stereocenters. The third-order valence-electron chi connectivity index (χ3n) is 3.69. The summed E-state index contributed by atoms with van der Waals surface area (Å²) in [6, 6.07) is 3.04. The van der Waals surface area contributed by atoms with Crippen LogP contribution in [0.1, 0.15) is 49.7 Å². The van der Waals surface area contributed by atoms with Crippen molar-refractivity contribution in [2.45, 2.75) is 46.6 Å². The van der Waals surface area contributed by atoms with Crippen LogP contribution in [-0.4, -0.2) is 31.9 Å². The molecule has 0 bridgehead atoms. The van der Waals surface area contributed by atoms with Gasteiger partial charge in [-0.05, 0) is 38.7 Å². The number of amides is 1. The molecule has 0 aliphatic rings. The molecule has 0 fully saturated rings. The van der Waals surface area contributed by atoms with E-state index in [0.29, 0.717) is 23.0 Å². The van der Waals surface area contributed by atoms with Gasteiger partial charge in [-0.3, -0.25) is 9.59 Å². The predicted octanol–water partition coefficient (Wildman–Crippen LogP) is 1.82. The van der Waals surface area contributed by atoms with Gasteiger partial charge in [0.2, 0.25) is 0 Å². The largest absolute Gasteiger partial charge is 0.349 e. The number of nitrogens with zero attached hydrogens (tertiary/aromatic N) is 3. The standard InChI is InChI=1S/C16H23N5O2/c1-10(2)5-6-11(3)18-16(23)13-9-17-21(12(13)4)14-7-8-15(22)20-19-14/h7-11H,5-6H2,1-4H3,(H,18,23)(H,20,22)/t11-/m0/s1. The van der Waals surface area contributed by atoms with Crippen LogP contribution in [0.5, 0.6) is 0 Å². The van der Waals surface area contributed by atoms with Crippen molar-refractivity contribution >= 4 is 5.91 Å². The van der Waals surface area contributed by atoms with Gasteiger partial charge in [0.1, 0.15) is 0 Å². The topological polar surface area (TPSA) is 92.7 Å². The fourth-order valence-corrected chi connectivity index (χ4v) is 2.28. The number of hydrogen-bond acceptors (Lipinski definition) is 4. The molecule has 0 unspecified atom stereocenters. The zero-order valence-electron chi connectivity index (χ0n) is 14.0. The fraction of sp³-hybridized carbons (Fsp3) is 0.500. The Balaban J connectivity index is 2.10. The lowest BCUT2D eigenvalue weighted by Gasteiger charge is -2.14. The van der Waals surface area contributed by atoms with E-state index in [1.807, 2.05) is 6.92 Å². The molecule has 7 heteroatoms. The maximum Gasteiger partial charge on any atom is 0.264 e. The molecular formula is C16H23N5O2. The van der Waals surface area contributed by atoms with E-state index in [1.165, 1.54) is 16.9 Å². The molecule has 1 amide bonds. The monoisotopic (exact) mass is 317 g/mol. The second-order valence-corrected chi connectivity index (χ2v) is 6.18. The van der Waals surface area contributed by atoms with Crippen LogP contribution in [0.25, 0.3) is 5.82 Å². The van der Waals surface area contributed by atoms with E-state index in [-0.39, 0.29) is 17.5 Å². The van der Waals surface area contributed by atoms with Gasteiger partial charge >= 0.3 is 0 Å². The molecule has 7 nitrogen and oxygen atoms in total. The SMILES string of the molecule is Cc1c(C(=O)N[C@@H](C)CCC(C)C)cnn1-c1ccc(=O)[nH]n1. The molecule has 0 spiro atoms. The molecule has 0 aliphatic carbocycles. The van der Waals surface area contributed by atoms with Gasteiger partial charge in [0, 0.05) is 12.1 Å². The van der Waals surface area contributed by atoms with Crippen molar-refractivity contribution in [2.75, 3.05) is 0 Å². The highest BCUT2D eigenvalue weighted by molar-refractivity contribution is 5.95. The Morgan fingerprint density at radius 2 is 2.04 bits per heavy atom. The third-order valence-corrected chi connectivity index (χ3v) is 3.69. The van der Waals surface area contributed by atoms with Crippen molar-refractivity contribution in [1.82, 2.24) is 25.3 Å². The summed E-state index contributed by atoms with van der Waals surface area (Å²) in [6.45, 7) is 8.14. The molecule has 2 aromatic rings. The van der Waals surface area contributed by atoms with Gasteiger partial charge in [0.05, 0.1) is 17.5 Å². The van der Waals surface area contributed by atoms with Crippen LogP contribution >= 0.6 is 0 Å². The van der Waals surface area contributed by atoms with Crippen molar-refractivity contribution < 1.29 is 4.79 Å². The minimum absolute atomic E-state index is 0.110. The molecule has 0 radical (unpaired) electrons. The molecular weight excluding hydrogens is 294 g/mol. The Hall–Kier alpha value is -2.44. The number of aromatic nitrogens is 4. The summed E-state index contributed by atoms with van der Waals surface area (Å²) in [5, 5.41) is 13.5. The molecule has 0 aliphatic heterocycles. The van der Waals surface area contributed by atoms with Crippen molar-refractivity contribution in [2.24, 2.45) is 5.92 Å². The van der Waals surface area contributed by atoms with E-state index >= 15 is 0 Å². The summed E-state index contributed by atoms with van der Waals surface area (Å²) >= 11 is 0. The summed E-state index contributed by atoms with van der Waals surface area (Å²) in [6.07, 6.45) is 3.53. The van der Waals surface area contributed by atoms with Crippen LogP contribution in [-0.2, 0) is 0 Å². The quantitative estimate of drug-likeness (QED) is 0.850. The Morgan fingerprint density at radius 1 is 1.30 bits per heavy atom. The maximum absolute atomic E-state index is 12.4. The lowest BCUT2D eigenvalue weighted by molar-refractivity contribution is 0.0936. The molecule has 2 heterocycles. The van der Waals surface area contributed by atoms with Crippen LogP contribution < -0.4 is 10.9 Å². The Labute approximate surface area is 135 Å². The first-order valence-corrected chi connectivity index (χ1v) is 7.80. The molecule has 2 aromatic heterocycles. The molecule has 124 valence electrons. The Morgan fingerprint density at radius 3 is 2.65 bits per heavy atom. The van der Waals surface area contributed by atoms with Crippen LogP contribution in [0, 0.1) is 12.8 Å². The Bertz CT molecular complexity index is 712. The maximum atomic E-state index is 12.4. The lowest BCUT2D eigenvalue weighted by atomic mass is 10.0. The third kappa shape index (κ3) is 4.28. The number of carbonyl (C=O) groups excluding carboxylic acids is 1. The molecule has 23 heavy (non-hydrogen) atoms. The minimum Gasteiger partial charge on any atom is -0.349 e. The minimum atomic E-state index is -0.282. The predicted molar refractivity (Wildman–Crippen MR) is 87.7 cm³/mol. The van der Waals surface area contributed by atoms with Crippen LogP contribution in [0.2, 0.25) is 0 Å². The van der Waals surface area contributed by atoms with Gasteiger partial charge in [-0.15, -0.1) is 0 Å². The van der Waals surface area contributed by atoms with Crippen LogP contribution in [0.15, 0.2) is 23.1 Å². The smallest absolute Gasteiger partial charge is 0.264 e. The first-order chi connectivity index (χ1) is 10.9. The highest BCUT2D eigenvalue weighted by Gasteiger charge is 2.17. The second-order valence-electron chi connectivity index (χ2n) is 6.18. The molecule has 0 aromatic carbocycles. The average molecular weight is 317 g/mol. The van der Waals surface area contributed by atoms with Gasteiger partial charge in [0.15, 0.2) is 5.82 Å². The number of aromatic amines is 1. The van der Waals surface area contributed by atoms with E-state index in [1.54, 1.807) is 13.0 Å². The Kier molecular flexibility index (Phi) is 5.31. The number of hydrogen-bond donors (Lipinski definition) is 2. The second kappa shape index (κ2) is 7.21. The molecule has 0 saturated carbocycles. The van der Waals surface area contributed by atoms with E-state index in [0.717, 1.165) is 12.8 Å². The van der Waals surface area contributed by atoms with Gasteiger partial charge < -0.3 is 5.32 Å². The van der Waals surface area contributed by atoms with Gasteiger partial charge in [0.25, 0.3) is 11.5 Å². The van der Waals surface area contributed by atoms with Crippen LogP contribution in [0.3, 0.4) is 0 Å². The summed E-state index contributed by atoms with van der Waals surface area (Å²) < 4.78 is 1.53. The van der Waals surface area contributed by atoms with Gasteiger partial charge in [-0.25, -0.2) is 9.78 Å². The highest BCUT2D eigenvalue weighted by Crippen LogP contribution is 2.12. The van der Waals surface area contributed by atoms with E-state index in [2.05, 4.69) is 34.5 Å². The number of rotatable bonds is 6. The van der Waals surface area contributed by atoms with Crippen molar-refractivity contribution in [3.05, 3.63) is 39.9 Å².